The van der Waals surface area contributed by atoms with Crippen molar-refractivity contribution < 1.29 is 23.8 Å². The highest BCUT2D eigenvalue weighted by atomic mass is 16.5. The van der Waals surface area contributed by atoms with Gasteiger partial charge in [-0.2, -0.15) is 0 Å². The van der Waals surface area contributed by atoms with Crippen LogP contribution < -0.4 is 25.1 Å². The maximum Gasteiger partial charge on any atom is 0.279 e. The average molecular weight is 415 g/mol. The number of para-hydroxylation sites is 3. The van der Waals surface area contributed by atoms with Crippen LogP contribution in [-0.4, -0.2) is 31.6 Å². The lowest BCUT2D eigenvalue weighted by molar-refractivity contribution is -0.134. The van der Waals surface area contributed by atoms with Gasteiger partial charge in [-0.05, 0) is 42.5 Å². The van der Waals surface area contributed by atoms with Crippen LogP contribution in [0.1, 0.15) is 45.1 Å². The summed E-state index contributed by atoms with van der Waals surface area (Å²) < 4.78 is 16.6. The van der Waals surface area contributed by atoms with Gasteiger partial charge in [0.1, 0.15) is 5.75 Å². The summed E-state index contributed by atoms with van der Waals surface area (Å²) in [7, 11) is 1.52. The van der Waals surface area contributed by atoms with Crippen molar-refractivity contribution in [1.29, 1.82) is 0 Å². The molecular weight excluding hydrogens is 384 g/mol. The zero-order chi connectivity index (χ0) is 21.9. The highest BCUT2D eigenvalue weighted by Gasteiger charge is 2.21. The number of hydrazine groups is 1. The van der Waals surface area contributed by atoms with Gasteiger partial charge < -0.3 is 14.2 Å². The van der Waals surface area contributed by atoms with Crippen LogP contribution in [0.25, 0.3) is 0 Å². The number of rotatable bonds is 10. The quantitative estimate of drug-likeness (QED) is 0.580. The molecule has 0 heterocycles. The molecule has 2 N–H and O–H groups in total. The average Bonchev–Trinajstić information content (AvgIpc) is 2.79. The van der Waals surface area contributed by atoms with E-state index in [2.05, 4.69) is 24.7 Å². The number of hydrogen-bond acceptors (Lipinski definition) is 5. The summed E-state index contributed by atoms with van der Waals surface area (Å²) in [5.74, 6) is 1.03. The minimum Gasteiger partial charge on any atom is -0.493 e. The van der Waals surface area contributed by atoms with Gasteiger partial charge in [0.2, 0.25) is 0 Å². The Morgan fingerprint density at radius 2 is 1.53 bits per heavy atom. The van der Waals surface area contributed by atoms with Crippen LogP contribution in [0.5, 0.6) is 17.2 Å². The van der Waals surface area contributed by atoms with Crippen LogP contribution in [0.2, 0.25) is 0 Å². The van der Waals surface area contributed by atoms with E-state index in [1.54, 1.807) is 24.3 Å². The first kappa shape index (κ1) is 23.1. The monoisotopic (exact) mass is 414 g/mol. The zero-order valence-electron chi connectivity index (χ0n) is 17.9. The first-order valence-corrected chi connectivity index (χ1v) is 10.1. The predicted octanol–water partition coefficient (Wildman–Crippen LogP) is 3.59. The lowest BCUT2D eigenvalue weighted by Crippen LogP contribution is -2.49. The molecule has 0 fully saturated rings. The molecule has 0 saturated heterocycles. The summed E-state index contributed by atoms with van der Waals surface area (Å²) in [4.78, 5) is 24.5. The summed E-state index contributed by atoms with van der Waals surface area (Å²) in [5.41, 5.74) is 5.82. The fraction of sp³-hybridized carbons (Fsp3) is 0.391. The minimum atomic E-state index is -0.731. The molecule has 2 atom stereocenters. The Labute approximate surface area is 177 Å². The number of nitrogens with one attached hydrogen (secondary N) is 2. The minimum absolute atomic E-state index is 0.269. The van der Waals surface area contributed by atoms with Gasteiger partial charge in [-0.1, -0.05) is 51.1 Å². The van der Waals surface area contributed by atoms with Crippen molar-refractivity contribution in [3.05, 3.63) is 54.1 Å². The third kappa shape index (κ3) is 6.40. The molecule has 0 aliphatic rings. The highest BCUT2D eigenvalue weighted by Crippen LogP contribution is 2.29. The van der Waals surface area contributed by atoms with Gasteiger partial charge in [0.15, 0.2) is 24.2 Å². The van der Waals surface area contributed by atoms with Crippen molar-refractivity contribution in [2.24, 2.45) is 0 Å². The van der Waals surface area contributed by atoms with E-state index in [-0.39, 0.29) is 6.61 Å². The van der Waals surface area contributed by atoms with Gasteiger partial charge >= 0.3 is 0 Å². The first-order valence-electron chi connectivity index (χ1n) is 10.1. The topological polar surface area (TPSA) is 85.9 Å². The van der Waals surface area contributed by atoms with Crippen molar-refractivity contribution in [2.75, 3.05) is 13.7 Å². The molecule has 0 bridgehead atoms. The molecule has 0 radical (unpaired) electrons. The van der Waals surface area contributed by atoms with Crippen LogP contribution in [0.4, 0.5) is 0 Å². The van der Waals surface area contributed by atoms with E-state index >= 15 is 0 Å². The molecule has 162 valence electrons. The summed E-state index contributed by atoms with van der Waals surface area (Å²) in [6.07, 6.45) is 0.686. The lowest BCUT2D eigenvalue weighted by atomic mass is 9.98. The zero-order valence-corrected chi connectivity index (χ0v) is 17.9. The Balaban J connectivity index is 1.89. The maximum atomic E-state index is 12.5. The predicted molar refractivity (Wildman–Crippen MR) is 115 cm³/mol. The molecule has 2 unspecified atom stereocenters. The van der Waals surface area contributed by atoms with Crippen molar-refractivity contribution in [1.82, 2.24) is 10.9 Å². The van der Waals surface area contributed by atoms with Gasteiger partial charge in [-0.3, -0.25) is 20.4 Å². The second-order valence-electron chi connectivity index (χ2n) is 6.84. The summed E-state index contributed by atoms with van der Waals surface area (Å²) in [5, 5.41) is 0. The molecule has 0 aromatic heterocycles. The number of benzene rings is 2. The van der Waals surface area contributed by atoms with Crippen LogP contribution in [0, 0.1) is 0 Å². The summed E-state index contributed by atoms with van der Waals surface area (Å²) >= 11 is 0. The molecule has 0 aliphatic heterocycles. The molecule has 0 saturated carbocycles. The Hall–Kier alpha value is -3.22. The van der Waals surface area contributed by atoms with E-state index in [0.29, 0.717) is 29.6 Å². The fourth-order valence-corrected chi connectivity index (χ4v) is 2.82. The molecule has 2 aromatic carbocycles. The molecule has 7 nitrogen and oxygen atoms in total. The molecule has 30 heavy (non-hydrogen) atoms. The van der Waals surface area contributed by atoms with Crippen molar-refractivity contribution in [2.45, 2.75) is 45.6 Å². The number of carbonyl (C=O) groups is 2. The lowest BCUT2D eigenvalue weighted by Gasteiger charge is -2.21. The van der Waals surface area contributed by atoms with Crippen LogP contribution in [0.3, 0.4) is 0 Å². The van der Waals surface area contributed by atoms with Crippen molar-refractivity contribution in [3.8, 4) is 17.2 Å². The van der Waals surface area contributed by atoms with Gasteiger partial charge in [0, 0.05) is 0 Å². The van der Waals surface area contributed by atoms with E-state index in [1.807, 2.05) is 31.2 Å². The molecule has 0 spiro atoms. The SMILES string of the molecule is CCC(Oc1ccccc1C(C)CC)C(=O)NNC(=O)COc1ccccc1OC. The van der Waals surface area contributed by atoms with E-state index in [9.17, 15) is 9.59 Å². The standard InChI is InChI=1S/C23H30N2O5/c1-5-16(3)17-11-7-8-12-19(17)30-18(6-2)23(27)25-24-22(26)15-29-21-14-10-9-13-20(21)28-4/h7-14,16,18H,5-6,15H2,1-4H3,(H,24,26)(H,25,27). The number of methoxy groups -OCH3 is 1. The van der Waals surface area contributed by atoms with Crippen LogP contribution in [0.15, 0.2) is 48.5 Å². The largest absolute Gasteiger partial charge is 0.493 e. The Morgan fingerprint density at radius 3 is 2.17 bits per heavy atom. The molecule has 2 aromatic rings. The van der Waals surface area contributed by atoms with Crippen LogP contribution in [-0.2, 0) is 9.59 Å². The van der Waals surface area contributed by atoms with E-state index in [0.717, 1.165) is 12.0 Å². The Morgan fingerprint density at radius 1 is 0.900 bits per heavy atom. The van der Waals surface area contributed by atoms with Crippen molar-refractivity contribution in [3.63, 3.8) is 0 Å². The second-order valence-corrected chi connectivity index (χ2v) is 6.84. The Bertz CT molecular complexity index is 840. The highest BCUT2D eigenvalue weighted by molar-refractivity contribution is 5.85. The number of ether oxygens (including phenoxy) is 3. The van der Waals surface area contributed by atoms with Gasteiger partial charge in [0.05, 0.1) is 7.11 Å². The smallest absolute Gasteiger partial charge is 0.279 e. The third-order valence-electron chi connectivity index (χ3n) is 4.75. The van der Waals surface area contributed by atoms with E-state index in [4.69, 9.17) is 14.2 Å². The van der Waals surface area contributed by atoms with Gasteiger partial charge in [-0.15, -0.1) is 0 Å². The molecule has 2 rings (SSSR count). The number of hydrogen-bond donors (Lipinski definition) is 2. The van der Waals surface area contributed by atoms with Gasteiger partial charge in [0.25, 0.3) is 11.8 Å². The van der Waals surface area contributed by atoms with E-state index < -0.39 is 17.9 Å². The molecule has 0 aliphatic carbocycles. The summed E-state index contributed by atoms with van der Waals surface area (Å²) in [6.45, 7) is 5.80. The first-order chi connectivity index (χ1) is 14.5. The molecule has 2 amide bonds. The van der Waals surface area contributed by atoms with E-state index in [1.165, 1.54) is 7.11 Å². The van der Waals surface area contributed by atoms with Crippen LogP contribution >= 0.6 is 0 Å². The second kappa shape index (κ2) is 11.7. The maximum absolute atomic E-state index is 12.5. The Kier molecular flexibility index (Phi) is 9.00. The molecule has 7 heteroatoms. The number of carbonyl (C=O) groups excluding carboxylic acids is 2. The fourth-order valence-electron chi connectivity index (χ4n) is 2.82. The third-order valence-corrected chi connectivity index (χ3v) is 4.75. The van der Waals surface area contributed by atoms with Crippen molar-refractivity contribution >= 4 is 11.8 Å². The molecular formula is C23H30N2O5. The number of amides is 2. The normalized spacial score (nSPS) is 12.4. The summed E-state index contributed by atoms with van der Waals surface area (Å²) in [6, 6.07) is 14.7. The van der Waals surface area contributed by atoms with Gasteiger partial charge in [-0.25, -0.2) is 0 Å².